The summed E-state index contributed by atoms with van der Waals surface area (Å²) in [6.07, 6.45) is 4.52. The average molecular weight is 549 g/mol. The molecule has 1 aliphatic rings. The maximum absolute atomic E-state index is 5.83. The first-order valence-electron chi connectivity index (χ1n) is 9.69. The molecular formula is C26H23NOW. The van der Waals surface area contributed by atoms with Crippen LogP contribution in [0.4, 0.5) is 0 Å². The molecule has 0 saturated carbocycles. The monoisotopic (exact) mass is 549 g/mol. The summed E-state index contributed by atoms with van der Waals surface area (Å²) >= 11 is 1.34. The number of methoxy groups -OCH3 is 1. The Labute approximate surface area is 183 Å². The third kappa shape index (κ3) is 4.40. The molecule has 0 fully saturated rings. The number of hydrogen-bond acceptors (Lipinski definition) is 2. The second-order valence-corrected chi connectivity index (χ2v) is 8.30. The summed E-state index contributed by atoms with van der Waals surface area (Å²) in [5, 5.41) is 0. The summed E-state index contributed by atoms with van der Waals surface area (Å²) in [5.74, 6) is 0.172. The van der Waals surface area contributed by atoms with Crippen molar-refractivity contribution >= 4 is 9.78 Å². The Kier molecular flexibility index (Phi) is 6.34. The van der Waals surface area contributed by atoms with Crippen LogP contribution in [0, 0.1) is 0 Å². The number of ether oxygens (including phenoxy) is 1. The zero-order chi connectivity index (χ0) is 20.1. The maximum atomic E-state index is 5.83. The van der Waals surface area contributed by atoms with Gasteiger partial charge in [-0.2, -0.15) is 0 Å². The zero-order valence-electron chi connectivity index (χ0n) is 16.4. The van der Waals surface area contributed by atoms with Gasteiger partial charge in [-0.05, 0) is 0 Å². The standard InChI is InChI=1S/C26H23NO.W/c1-28-20-25-24(22-13-7-3-8-14-22)17-18-27(19-21-11-5-2-6-12-21)26(25)23-15-9-4-10-16-23;/h2-18,24H,19H2,1H3;. The van der Waals surface area contributed by atoms with E-state index in [0.717, 1.165) is 10.6 Å². The van der Waals surface area contributed by atoms with Gasteiger partial charge in [0.15, 0.2) is 0 Å². The second kappa shape index (κ2) is 9.30. The molecule has 144 valence electrons. The summed E-state index contributed by atoms with van der Waals surface area (Å²) in [6.45, 7) is 0.818. The number of allylic oxidation sites excluding steroid dienone is 1. The zero-order valence-corrected chi connectivity index (χ0v) is 19.3. The molecule has 1 aliphatic heterocycles. The molecule has 0 saturated heterocycles. The Bertz CT molecular complexity index is 1030. The minimum atomic E-state index is 0.172. The van der Waals surface area contributed by atoms with E-state index in [4.69, 9.17) is 4.74 Å². The summed E-state index contributed by atoms with van der Waals surface area (Å²) in [6, 6.07) is 31.9. The fourth-order valence-electron chi connectivity index (χ4n) is 3.76. The van der Waals surface area contributed by atoms with Crippen LogP contribution in [0.1, 0.15) is 22.6 Å². The SMILES string of the molecule is CO[C](=[W])C1=C(c2ccccc2)N(Cc2ccccc2)C=CC1c1ccccc1. The molecule has 1 unspecified atom stereocenters. The molecule has 29 heavy (non-hydrogen) atoms. The Morgan fingerprint density at radius 1 is 0.862 bits per heavy atom. The molecule has 0 radical (unpaired) electrons. The average Bonchev–Trinajstić information content (AvgIpc) is 2.80. The van der Waals surface area contributed by atoms with Crippen LogP contribution < -0.4 is 0 Å². The topological polar surface area (TPSA) is 12.5 Å². The molecule has 3 aromatic rings. The Hall–Kier alpha value is -2.54. The van der Waals surface area contributed by atoms with Crippen molar-refractivity contribution in [1.82, 2.24) is 4.90 Å². The van der Waals surface area contributed by atoms with Crippen LogP contribution >= 0.6 is 0 Å². The summed E-state index contributed by atoms with van der Waals surface area (Å²) < 4.78 is 6.85. The predicted octanol–water partition coefficient (Wildman–Crippen LogP) is 5.53. The first-order valence-corrected chi connectivity index (χ1v) is 11.2. The van der Waals surface area contributed by atoms with E-state index in [0.29, 0.717) is 0 Å². The minimum absolute atomic E-state index is 0.172. The first-order chi connectivity index (χ1) is 14.3. The molecule has 0 amide bonds. The summed E-state index contributed by atoms with van der Waals surface area (Å²) in [4.78, 5) is 2.35. The van der Waals surface area contributed by atoms with Crippen LogP contribution in [0.15, 0.2) is 109 Å². The summed E-state index contributed by atoms with van der Waals surface area (Å²) in [7, 11) is 1.78. The van der Waals surface area contributed by atoms with Gasteiger partial charge in [-0.25, -0.2) is 0 Å². The van der Waals surface area contributed by atoms with Crippen molar-refractivity contribution in [2.24, 2.45) is 0 Å². The van der Waals surface area contributed by atoms with Crippen molar-refractivity contribution in [3.05, 3.63) is 126 Å². The molecule has 1 heterocycles. The van der Waals surface area contributed by atoms with Gasteiger partial charge in [-0.3, -0.25) is 0 Å². The van der Waals surface area contributed by atoms with E-state index in [1.54, 1.807) is 7.11 Å². The van der Waals surface area contributed by atoms with Crippen molar-refractivity contribution in [2.75, 3.05) is 7.11 Å². The van der Waals surface area contributed by atoms with Gasteiger partial charge in [-0.15, -0.1) is 0 Å². The van der Waals surface area contributed by atoms with Crippen molar-refractivity contribution in [2.45, 2.75) is 12.5 Å². The molecule has 0 spiro atoms. The van der Waals surface area contributed by atoms with Gasteiger partial charge in [0.2, 0.25) is 0 Å². The fraction of sp³-hybridized carbons (Fsp3) is 0.115. The number of nitrogens with zero attached hydrogens (tertiary/aromatic N) is 1. The van der Waals surface area contributed by atoms with E-state index >= 15 is 0 Å². The Morgan fingerprint density at radius 3 is 2.07 bits per heavy atom. The Balaban J connectivity index is 1.87. The van der Waals surface area contributed by atoms with Gasteiger partial charge in [-0.1, -0.05) is 0 Å². The fourth-order valence-corrected chi connectivity index (χ4v) is 4.57. The van der Waals surface area contributed by atoms with Crippen molar-refractivity contribution in [3.8, 4) is 0 Å². The molecule has 1 atom stereocenters. The van der Waals surface area contributed by atoms with E-state index in [1.807, 2.05) is 0 Å². The number of benzene rings is 3. The molecule has 3 heteroatoms. The molecule has 4 rings (SSSR count). The molecule has 2 nitrogen and oxygen atoms in total. The van der Waals surface area contributed by atoms with Gasteiger partial charge >= 0.3 is 184 Å². The predicted molar refractivity (Wildman–Crippen MR) is 116 cm³/mol. The normalized spacial score (nSPS) is 16.2. The van der Waals surface area contributed by atoms with Gasteiger partial charge < -0.3 is 0 Å². The van der Waals surface area contributed by atoms with Crippen molar-refractivity contribution < 1.29 is 24.1 Å². The first kappa shape index (κ1) is 19.8. The van der Waals surface area contributed by atoms with Crippen LogP contribution in [-0.4, -0.2) is 16.1 Å². The number of rotatable bonds is 6. The molecular weight excluding hydrogens is 526 g/mol. The van der Waals surface area contributed by atoms with Crippen LogP contribution in [-0.2, 0) is 30.6 Å². The molecule has 0 N–H and O–H groups in total. The third-order valence-electron chi connectivity index (χ3n) is 5.12. The van der Waals surface area contributed by atoms with Crippen molar-refractivity contribution in [1.29, 1.82) is 0 Å². The van der Waals surface area contributed by atoms with Crippen LogP contribution in [0.3, 0.4) is 0 Å². The quantitative estimate of drug-likeness (QED) is 0.401. The van der Waals surface area contributed by atoms with E-state index in [1.165, 1.54) is 47.3 Å². The summed E-state index contributed by atoms with van der Waals surface area (Å²) in [5.41, 5.74) is 6.24. The molecule has 0 aromatic heterocycles. The van der Waals surface area contributed by atoms with Gasteiger partial charge in [0.05, 0.1) is 0 Å². The van der Waals surface area contributed by atoms with Gasteiger partial charge in [0.1, 0.15) is 0 Å². The molecule has 0 bridgehead atoms. The third-order valence-corrected chi connectivity index (χ3v) is 6.51. The van der Waals surface area contributed by atoms with E-state index in [-0.39, 0.29) is 5.92 Å². The van der Waals surface area contributed by atoms with E-state index in [2.05, 4.69) is 108 Å². The van der Waals surface area contributed by atoms with E-state index < -0.39 is 0 Å². The van der Waals surface area contributed by atoms with E-state index in [9.17, 15) is 0 Å². The Morgan fingerprint density at radius 2 is 1.45 bits per heavy atom. The van der Waals surface area contributed by atoms with Crippen LogP contribution in [0.2, 0.25) is 0 Å². The van der Waals surface area contributed by atoms with Gasteiger partial charge in [0, 0.05) is 0 Å². The van der Waals surface area contributed by atoms with Gasteiger partial charge in [0.25, 0.3) is 0 Å². The number of hydrogen-bond donors (Lipinski definition) is 0. The van der Waals surface area contributed by atoms with Crippen molar-refractivity contribution in [3.63, 3.8) is 0 Å². The molecule has 3 aromatic carbocycles. The van der Waals surface area contributed by atoms with Crippen LogP contribution in [0.25, 0.3) is 5.70 Å². The molecule has 0 aliphatic carbocycles. The van der Waals surface area contributed by atoms with Crippen LogP contribution in [0.5, 0.6) is 0 Å². The second-order valence-electron chi connectivity index (χ2n) is 6.96.